The van der Waals surface area contributed by atoms with E-state index in [4.69, 9.17) is 15.7 Å². The summed E-state index contributed by atoms with van der Waals surface area (Å²) in [6.07, 6.45) is -0.514. The number of anilines is 3. The second-order valence-corrected chi connectivity index (χ2v) is 6.15. The first kappa shape index (κ1) is 17.1. The van der Waals surface area contributed by atoms with Crippen molar-refractivity contribution in [3.05, 3.63) is 35.4 Å². The van der Waals surface area contributed by atoms with Gasteiger partial charge in [0.05, 0.1) is 0 Å². The molecule has 2 rings (SSSR count). The maximum Gasteiger partial charge on any atom is 0.412 e. The Labute approximate surface area is 140 Å². The Bertz CT molecular complexity index is 770. The van der Waals surface area contributed by atoms with E-state index in [0.29, 0.717) is 18.1 Å². The molecule has 8 nitrogen and oxygen atoms in total. The molecule has 0 saturated carbocycles. The molecule has 1 aromatic heterocycles. The summed E-state index contributed by atoms with van der Waals surface area (Å²) in [4.78, 5) is 11.8. The van der Waals surface area contributed by atoms with E-state index in [9.17, 15) is 4.79 Å². The summed E-state index contributed by atoms with van der Waals surface area (Å²) in [5.74, 6) is 0.612. The molecule has 0 aliphatic carbocycles. The van der Waals surface area contributed by atoms with Gasteiger partial charge in [0, 0.05) is 12.2 Å². The van der Waals surface area contributed by atoms with Crippen molar-refractivity contribution in [3.8, 4) is 6.07 Å². The summed E-state index contributed by atoms with van der Waals surface area (Å²) in [5.41, 5.74) is 6.84. The van der Waals surface area contributed by atoms with E-state index in [2.05, 4.69) is 20.8 Å². The fourth-order valence-electron chi connectivity index (χ4n) is 1.96. The second kappa shape index (κ2) is 6.91. The SMILES string of the molecule is CC(C)(C)OC(=O)Nc1cccc(CNc2n[nH]c(N)c2C#N)c1. The quantitative estimate of drug-likeness (QED) is 0.683. The van der Waals surface area contributed by atoms with Crippen LogP contribution in [0.3, 0.4) is 0 Å². The number of amides is 1. The number of nitrogens with one attached hydrogen (secondary N) is 3. The normalized spacial score (nSPS) is 10.8. The lowest BCUT2D eigenvalue weighted by Gasteiger charge is -2.19. The van der Waals surface area contributed by atoms with Crippen LogP contribution in [0.15, 0.2) is 24.3 Å². The molecule has 1 aromatic carbocycles. The summed E-state index contributed by atoms with van der Waals surface area (Å²) in [6, 6.07) is 9.25. The Hall–Kier alpha value is -3.21. The number of rotatable bonds is 4. The minimum absolute atomic E-state index is 0.223. The lowest BCUT2D eigenvalue weighted by Crippen LogP contribution is -2.27. The number of hydrogen-bond donors (Lipinski definition) is 4. The second-order valence-electron chi connectivity index (χ2n) is 6.15. The molecular weight excluding hydrogens is 308 g/mol. The molecule has 0 radical (unpaired) electrons. The fourth-order valence-corrected chi connectivity index (χ4v) is 1.96. The van der Waals surface area contributed by atoms with Gasteiger partial charge in [0.25, 0.3) is 0 Å². The molecule has 2 aromatic rings. The number of nitriles is 1. The van der Waals surface area contributed by atoms with Crippen molar-refractivity contribution >= 4 is 23.4 Å². The Morgan fingerprint density at radius 1 is 1.46 bits per heavy atom. The van der Waals surface area contributed by atoms with Crippen molar-refractivity contribution in [2.75, 3.05) is 16.4 Å². The number of carbonyl (C=O) groups is 1. The summed E-state index contributed by atoms with van der Waals surface area (Å²) < 4.78 is 5.21. The zero-order chi connectivity index (χ0) is 17.7. The minimum atomic E-state index is -0.559. The number of benzene rings is 1. The van der Waals surface area contributed by atoms with E-state index in [1.165, 1.54) is 0 Å². The van der Waals surface area contributed by atoms with Crippen LogP contribution in [0.4, 0.5) is 22.1 Å². The molecule has 24 heavy (non-hydrogen) atoms. The third-order valence-corrected chi connectivity index (χ3v) is 2.94. The number of nitrogens with two attached hydrogens (primary N) is 1. The lowest BCUT2D eigenvalue weighted by molar-refractivity contribution is 0.0636. The predicted molar refractivity (Wildman–Crippen MR) is 91.3 cm³/mol. The fraction of sp³-hybridized carbons (Fsp3) is 0.312. The zero-order valence-corrected chi connectivity index (χ0v) is 13.8. The average Bonchev–Trinajstić information content (AvgIpc) is 2.83. The highest BCUT2D eigenvalue weighted by Crippen LogP contribution is 2.19. The monoisotopic (exact) mass is 328 g/mol. The van der Waals surface area contributed by atoms with Crippen LogP contribution in [0.25, 0.3) is 0 Å². The van der Waals surface area contributed by atoms with Crippen molar-refractivity contribution in [2.45, 2.75) is 32.9 Å². The van der Waals surface area contributed by atoms with Gasteiger partial charge >= 0.3 is 6.09 Å². The van der Waals surface area contributed by atoms with Crippen molar-refractivity contribution in [2.24, 2.45) is 0 Å². The highest BCUT2D eigenvalue weighted by Gasteiger charge is 2.16. The van der Waals surface area contributed by atoms with Gasteiger partial charge in [-0.15, -0.1) is 0 Å². The molecule has 5 N–H and O–H groups in total. The van der Waals surface area contributed by atoms with E-state index in [1.807, 2.05) is 18.2 Å². The smallest absolute Gasteiger partial charge is 0.412 e. The summed E-state index contributed by atoms with van der Waals surface area (Å²) in [5, 5.41) is 21.2. The van der Waals surface area contributed by atoms with Crippen LogP contribution in [0.1, 0.15) is 31.9 Å². The van der Waals surface area contributed by atoms with Crippen LogP contribution in [0.2, 0.25) is 0 Å². The van der Waals surface area contributed by atoms with Crippen LogP contribution in [0, 0.1) is 11.3 Å². The number of carbonyl (C=O) groups excluding carboxylic acids is 1. The van der Waals surface area contributed by atoms with E-state index in [0.717, 1.165) is 5.56 Å². The van der Waals surface area contributed by atoms with Gasteiger partial charge in [0.1, 0.15) is 23.1 Å². The Morgan fingerprint density at radius 2 is 2.21 bits per heavy atom. The molecule has 0 aliphatic rings. The Balaban J connectivity index is 2.00. The minimum Gasteiger partial charge on any atom is -0.444 e. The van der Waals surface area contributed by atoms with Gasteiger partial charge in [-0.2, -0.15) is 10.4 Å². The molecule has 0 fully saturated rings. The van der Waals surface area contributed by atoms with Crippen LogP contribution in [0.5, 0.6) is 0 Å². The van der Waals surface area contributed by atoms with Gasteiger partial charge in [-0.1, -0.05) is 12.1 Å². The number of hydrogen-bond acceptors (Lipinski definition) is 6. The van der Waals surface area contributed by atoms with Gasteiger partial charge < -0.3 is 15.8 Å². The maximum absolute atomic E-state index is 11.8. The first-order valence-corrected chi connectivity index (χ1v) is 7.35. The number of aromatic nitrogens is 2. The van der Waals surface area contributed by atoms with Crippen LogP contribution < -0.4 is 16.4 Å². The predicted octanol–water partition coefficient (Wildman–Crippen LogP) is 2.82. The topological polar surface area (TPSA) is 129 Å². The van der Waals surface area contributed by atoms with E-state index in [-0.39, 0.29) is 11.4 Å². The highest BCUT2D eigenvalue weighted by atomic mass is 16.6. The average molecular weight is 328 g/mol. The number of ether oxygens (including phenoxy) is 1. The molecule has 0 saturated heterocycles. The van der Waals surface area contributed by atoms with Gasteiger partial charge in [-0.3, -0.25) is 10.4 Å². The number of aromatic amines is 1. The third-order valence-electron chi connectivity index (χ3n) is 2.94. The molecule has 0 bridgehead atoms. The van der Waals surface area contributed by atoms with E-state index >= 15 is 0 Å². The van der Waals surface area contributed by atoms with Crippen LogP contribution >= 0.6 is 0 Å². The van der Waals surface area contributed by atoms with Crippen LogP contribution in [-0.4, -0.2) is 21.9 Å². The largest absolute Gasteiger partial charge is 0.444 e. The molecule has 0 aliphatic heterocycles. The molecule has 0 unspecified atom stereocenters. The lowest BCUT2D eigenvalue weighted by atomic mass is 10.2. The summed E-state index contributed by atoms with van der Waals surface area (Å²) in [7, 11) is 0. The Morgan fingerprint density at radius 3 is 2.88 bits per heavy atom. The number of nitrogen functional groups attached to an aromatic ring is 1. The van der Waals surface area contributed by atoms with Crippen molar-refractivity contribution in [3.63, 3.8) is 0 Å². The molecule has 1 amide bonds. The molecule has 126 valence electrons. The first-order valence-electron chi connectivity index (χ1n) is 7.35. The van der Waals surface area contributed by atoms with E-state index < -0.39 is 11.7 Å². The van der Waals surface area contributed by atoms with Crippen LogP contribution in [-0.2, 0) is 11.3 Å². The van der Waals surface area contributed by atoms with Gasteiger partial charge in [-0.05, 0) is 38.5 Å². The maximum atomic E-state index is 11.8. The van der Waals surface area contributed by atoms with E-state index in [1.54, 1.807) is 32.9 Å². The van der Waals surface area contributed by atoms with Crippen molar-refractivity contribution < 1.29 is 9.53 Å². The third kappa shape index (κ3) is 4.64. The molecule has 1 heterocycles. The number of H-pyrrole nitrogens is 1. The van der Waals surface area contributed by atoms with Crippen molar-refractivity contribution in [1.82, 2.24) is 10.2 Å². The van der Waals surface area contributed by atoms with Gasteiger partial charge in [0.15, 0.2) is 5.82 Å². The molecule has 0 spiro atoms. The van der Waals surface area contributed by atoms with Crippen molar-refractivity contribution in [1.29, 1.82) is 5.26 Å². The molecular formula is C16H20N6O2. The molecule has 0 atom stereocenters. The van der Waals surface area contributed by atoms with Gasteiger partial charge in [0.2, 0.25) is 0 Å². The molecule has 8 heteroatoms. The van der Waals surface area contributed by atoms with Gasteiger partial charge in [-0.25, -0.2) is 4.79 Å². The zero-order valence-electron chi connectivity index (χ0n) is 13.8. The Kier molecular flexibility index (Phi) is 4.94. The standard InChI is InChI=1S/C16H20N6O2/c1-16(2,3)24-15(23)20-11-6-4-5-10(7-11)9-19-14-12(8-17)13(18)21-22-14/h4-7H,9H2,1-3H3,(H,20,23)(H4,18,19,21,22). The highest BCUT2D eigenvalue weighted by molar-refractivity contribution is 5.84. The number of nitrogens with zero attached hydrogens (tertiary/aromatic N) is 2. The first-order chi connectivity index (χ1) is 11.3. The summed E-state index contributed by atoms with van der Waals surface area (Å²) in [6.45, 7) is 5.82. The summed E-state index contributed by atoms with van der Waals surface area (Å²) >= 11 is 0.